The van der Waals surface area contributed by atoms with Crippen molar-refractivity contribution in [3.05, 3.63) is 76.3 Å². The number of fused-ring (bicyclic) bond motifs is 1. The molecule has 164 valence electrons. The van der Waals surface area contributed by atoms with E-state index < -0.39 is 5.82 Å². The van der Waals surface area contributed by atoms with E-state index in [0.717, 1.165) is 45.0 Å². The number of benzene rings is 2. The Bertz CT molecular complexity index is 1220. The van der Waals surface area contributed by atoms with Crippen molar-refractivity contribution in [3.63, 3.8) is 0 Å². The molecule has 1 saturated heterocycles. The Hall–Kier alpha value is -2.54. The number of thiophene rings is 1. The quantitative estimate of drug-likeness (QED) is 0.323. The number of likely N-dealkylation sites (tertiary alicyclic amines) is 1. The Morgan fingerprint density at radius 1 is 1.09 bits per heavy atom. The standard InChI is InChI=1S/C25H23ClFN3OS/c26-21-14-18(5-8-22(21)27)20-16-32-23-15-28-24(29-25(20)23)13-17-3-6-19(7-4-17)31-12-11-30-9-1-2-10-30/h3-8,14-16H,1-2,9-13H2. The minimum atomic E-state index is -0.422. The predicted molar refractivity (Wildman–Crippen MR) is 128 cm³/mol. The summed E-state index contributed by atoms with van der Waals surface area (Å²) in [5.41, 5.74) is 3.78. The Morgan fingerprint density at radius 3 is 2.69 bits per heavy atom. The van der Waals surface area contributed by atoms with Crippen molar-refractivity contribution < 1.29 is 9.13 Å². The number of rotatable bonds is 7. The Kier molecular flexibility index (Phi) is 6.35. The molecule has 0 amide bonds. The van der Waals surface area contributed by atoms with E-state index in [-0.39, 0.29) is 5.02 Å². The zero-order valence-corrected chi connectivity index (χ0v) is 19.1. The summed E-state index contributed by atoms with van der Waals surface area (Å²) in [5.74, 6) is 1.21. The maximum absolute atomic E-state index is 13.6. The first kappa shape index (κ1) is 21.3. The lowest BCUT2D eigenvalue weighted by atomic mass is 10.1. The average Bonchev–Trinajstić information content (AvgIpc) is 3.47. The summed E-state index contributed by atoms with van der Waals surface area (Å²) in [4.78, 5) is 11.8. The van der Waals surface area contributed by atoms with Gasteiger partial charge >= 0.3 is 0 Å². The Labute approximate surface area is 195 Å². The van der Waals surface area contributed by atoms with Crippen molar-refractivity contribution in [2.75, 3.05) is 26.2 Å². The largest absolute Gasteiger partial charge is 0.492 e. The van der Waals surface area contributed by atoms with Gasteiger partial charge in [0.1, 0.15) is 24.0 Å². The van der Waals surface area contributed by atoms with Crippen molar-refractivity contribution in [2.45, 2.75) is 19.3 Å². The normalized spacial score (nSPS) is 14.3. The summed E-state index contributed by atoms with van der Waals surface area (Å²) in [6, 6.07) is 12.9. The van der Waals surface area contributed by atoms with Crippen LogP contribution in [0.25, 0.3) is 21.3 Å². The van der Waals surface area contributed by atoms with Crippen LogP contribution in [-0.2, 0) is 6.42 Å². The van der Waals surface area contributed by atoms with E-state index in [1.54, 1.807) is 23.5 Å². The predicted octanol–water partition coefficient (Wildman–Crippen LogP) is 6.22. The second kappa shape index (κ2) is 9.53. The third-order valence-electron chi connectivity index (χ3n) is 5.76. The summed E-state index contributed by atoms with van der Waals surface area (Å²) < 4.78 is 20.4. The van der Waals surface area contributed by atoms with Crippen molar-refractivity contribution in [3.8, 4) is 16.9 Å². The van der Waals surface area contributed by atoms with Crippen LogP contribution in [0.3, 0.4) is 0 Å². The molecule has 0 unspecified atom stereocenters. The second-order valence-electron chi connectivity index (χ2n) is 8.00. The van der Waals surface area contributed by atoms with Crippen LogP contribution >= 0.6 is 22.9 Å². The van der Waals surface area contributed by atoms with Gasteiger partial charge in [0, 0.05) is 30.1 Å². The lowest BCUT2D eigenvalue weighted by molar-refractivity contribution is 0.238. The molecule has 32 heavy (non-hydrogen) atoms. The molecule has 0 spiro atoms. The van der Waals surface area contributed by atoms with Gasteiger partial charge < -0.3 is 4.74 Å². The Morgan fingerprint density at radius 2 is 1.91 bits per heavy atom. The van der Waals surface area contributed by atoms with Crippen molar-refractivity contribution >= 4 is 33.2 Å². The van der Waals surface area contributed by atoms with Crippen LogP contribution in [0.1, 0.15) is 24.2 Å². The van der Waals surface area contributed by atoms with Gasteiger partial charge in [-0.2, -0.15) is 0 Å². The van der Waals surface area contributed by atoms with Crippen molar-refractivity contribution in [2.24, 2.45) is 0 Å². The fraction of sp³-hybridized carbons (Fsp3) is 0.280. The first-order valence-corrected chi connectivity index (χ1v) is 12.0. The molecule has 4 nitrogen and oxygen atoms in total. The minimum Gasteiger partial charge on any atom is -0.492 e. The number of ether oxygens (including phenoxy) is 1. The van der Waals surface area contributed by atoms with Crippen molar-refractivity contribution in [1.82, 2.24) is 14.9 Å². The third-order valence-corrected chi connectivity index (χ3v) is 6.95. The van der Waals surface area contributed by atoms with Gasteiger partial charge in [0.15, 0.2) is 0 Å². The van der Waals surface area contributed by atoms with Crippen LogP contribution in [-0.4, -0.2) is 41.1 Å². The van der Waals surface area contributed by atoms with Crippen LogP contribution in [0, 0.1) is 5.82 Å². The molecule has 0 bridgehead atoms. The van der Waals surface area contributed by atoms with E-state index in [1.807, 2.05) is 23.7 Å². The van der Waals surface area contributed by atoms with Crippen molar-refractivity contribution in [1.29, 1.82) is 0 Å². The summed E-state index contributed by atoms with van der Waals surface area (Å²) in [6.45, 7) is 4.07. The highest BCUT2D eigenvalue weighted by Gasteiger charge is 2.13. The highest BCUT2D eigenvalue weighted by Crippen LogP contribution is 2.34. The minimum absolute atomic E-state index is 0.110. The molecule has 1 aliphatic heterocycles. The van der Waals surface area contributed by atoms with Crippen LogP contribution < -0.4 is 4.74 Å². The highest BCUT2D eigenvalue weighted by molar-refractivity contribution is 7.17. The van der Waals surface area contributed by atoms with Gasteiger partial charge in [0.25, 0.3) is 0 Å². The zero-order valence-electron chi connectivity index (χ0n) is 17.6. The number of aromatic nitrogens is 2. The monoisotopic (exact) mass is 467 g/mol. The van der Waals surface area contributed by atoms with E-state index in [4.69, 9.17) is 21.3 Å². The lowest BCUT2D eigenvalue weighted by Crippen LogP contribution is -2.25. The van der Waals surface area contributed by atoms with E-state index in [9.17, 15) is 4.39 Å². The van der Waals surface area contributed by atoms with E-state index in [1.165, 1.54) is 32.0 Å². The highest BCUT2D eigenvalue weighted by atomic mass is 35.5. The first-order valence-electron chi connectivity index (χ1n) is 10.8. The molecule has 2 aromatic heterocycles. The lowest BCUT2D eigenvalue weighted by Gasteiger charge is -2.15. The van der Waals surface area contributed by atoms with Gasteiger partial charge in [-0.1, -0.05) is 29.8 Å². The molecule has 0 saturated carbocycles. The van der Waals surface area contributed by atoms with Gasteiger partial charge in [-0.15, -0.1) is 11.3 Å². The van der Waals surface area contributed by atoms with E-state index >= 15 is 0 Å². The summed E-state index contributed by atoms with van der Waals surface area (Å²) >= 11 is 7.55. The molecule has 2 aromatic carbocycles. The number of halogens is 2. The van der Waals surface area contributed by atoms with Crippen LogP contribution in [0.5, 0.6) is 5.75 Å². The molecule has 0 radical (unpaired) electrons. The van der Waals surface area contributed by atoms with Gasteiger partial charge in [-0.05, 0) is 61.3 Å². The topological polar surface area (TPSA) is 38.2 Å². The molecular weight excluding hydrogens is 445 g/mol. The smallest absolute Gasteiger partial charge is 0.141 e. The number of hydrogen-bond acceptors (Lipinski definition) is 5. The molecule has 3 heterocycles. The summed E-state index contributed by atoms with van der Waals surface area (Å²) in [6.07, 6.45) is 5.08. The SMILES string of the molecule is Fc1ccc(-c2csc3cnc(Cc4ccc(OCCN5CCCC5)cc4)nc23)cc1Cl. The van der Waals surface area contributed by atoms with E-state index in [0.29, 0.717) is 13.0 Å². The molecule has 4 aromatic rings. The summed E-state index contributed by atoms with van der Waals surface area (Å²) in [5, 5.41) is 2.12. The summed E-state index contributed by atoms with van der Waals surface area (Å²) in [7, 11) is 0. The fourth-order valence-corrected chi connectivity index (χ4v) is 5.06. The van der Waals surface area contributed by atoms with Gasteiger partial charge in [-0.25, -0.2) is 14.4 Å². The molecule has 0 atom stereocenters. The molecule has 1 fully saturated rings. The number of nitrogens with zero attached hydrogens (tertiary/aromatic N) is 3. The number of hydrogen-bond donors (Lipinski definition) is 0. The molecule has 5 rings (SSSR count). The molecule has 7 heteroatoms. The first-order chi connectivity index (χ1) is 15.7. The molecule has 1 aliphatic rings. The third kappa shape index (κ3) is 4.77. The molecule has 0 aliphatic carbocycles. The van der Waals surface area contributed by atoms with Gasteiger partial charge in [-0.3, -0.25) is 4.90 Å². The maximum Gasteiger partial charge on any atom is 0.141 e. The second-order valence-corrected chi connectivity index (χ2v) is 9.31. The Balaban J connectivity index is 1.28. The fourth-order valence-electron chi connectivity index (χ4n) is 4.00. The van der Waals surface area contributed by atoms with Crippen LogP contribution in [0.4, 0.5) is 4.39 Å². The molecular formula is C25H23ClFN3OS. The van der Waals surface area contributed by atoms with Gasteiger partial charge in [0.05, 0.1) is 15.2 Å². The van der Waals surface area contributed by atoms with E-state index in [2.05, 4.69) is 22.0 Å². The van der Waals surface area contributed by atoms with Gasteiger partial charge in [0.2, 0.25) is 0 Å². The maximum atomic E-state index is 13.6. The molecule has 0 N–H and O–H groups in total. The van der Waals surface area contributed by atoms with Crippen LogP contribution in [0.2, 0.25) is 5.02 Å². The van der Waals surface area contributed by atoms with Crippen LogP contribution in [0.15, 0.2) is 54.0 Å². The average molecular weight is 468 g/mol. The zero-order chi connectivity index (χ0) is 21.9.